The standard InChI is InChI=1S/C13H15NO2S/c1-8(2)14-11(7-17)5-9-3-4-10(13(15)16)6-12(9)14/h3-6,8,17H,7H2,1-2H3,(H,15,16). The second kappa shape index (κ2) is 4.45. The van der Waals surface area contributed by atoms with E-state index in [0.29, 0.717) is 17.4 Å². The molecule has 0 spiro atoms. The molecule has 0 saturated carbocycles. The van der Waals surface area contributed by atoms with Crippen LogP contribution in [0.15, 0.2) is 24.3 Å². The first-order chi connectivity index (χ1) is 8.04. The number of fused-ring (bicyclic) bond motifs is 1. The lowest BCUT2D eigenvalue weighted by Gasteiger charge is -2.13. The highest BCUT2D eigenvalue weighted by molar-refractivity contribution is 7.79. The number of aromatic carboxylic acids is 1. The van der Waals surface area contributed by atoms with Crippen molar-refractivity contribution in [2.75, 3.05) is 0 Å². The van der Waals surface area contributed by atoms with Crippen molar-refractivity contribution in [3.63, 3.8) is 0 Å². The fourth-order valence-corrected chi connectivity index (χ4v) is 2.39. The molecule has 0 fully saturated rings. The molecule has 0 radical (unpaired) electrons. The molecule has 1 N–H and O–H groups in total. The van der Waals surface area contributed by atoms with Crippen LogP contribution in [0.4, 0.5) is 0 Å². The third kappa shape index (κ3) is 2.05. The van der Waals surface area contributed by atoms with Crippen LogP contribution in [0, 0.1) is 0 Å². The van der Waals surface area contributed by atoms with Crippen LogP contribution in [-0.4, -0.2) is 15.6 Å². The molecule has 0 saturated heterocycles. The highest BCUT2D eigenvalue weighted by atomic mass is 32.1. The molecule has 0 amide bonds. The van der Waals surface area contributed by atoms with Gasteiger partial charge in [0, 0.05) is 23.0 Å². The van der Waals surface area contributed by atoms with Crippen molar-refractivity contribution in [1.29, 1.82) is 0 Å². The second-order valence-corrected chi connectivity index (χ2v) is 4.65. The third-order valence-electron chi connectivity index (χ3n) is 2.85. The number of carboxylic acids is 1. The second-order valence-electron chi connectivity index (χ2n) is 4.34. The number of nitrogens with zero attached hydrogens (tertiary/aromatic N) is 1. The van der Waals surface area contributed by atoms with Gasteiger partial charge in [0.25, 0.3) is 0 Å². The zero-order valence-corrected chi connectivity index (χ0v) is 10.7. The highest BCUT2D eigenvalue weighted by Crippen LogP contribution is 2.26. The molecule has 0 aliphatic carbocycles. The van der Waals surface area contributed by atoms with Crippen LogP contribution in [0.2, 0.25) is 0 Å². The molecule has 17 heavy (non-hydrogen) atoms. The van der Waals surface area contributed by atoms with Gasteiger partial charge in [0.1, 0.15) is 0 Å². The lowest BCUT2D eigenvalue weighted by Crippen LogP contribution is -2.04. The van der Waals surface area contributed by atoms with Crippen molar-refractivity contribution < 1.29 is 9.90 Å². The summed E-state index contributed by atoms with van der Waals surface area (Å²) < 4.78 is 2.13. The van der Waals surface area contributed by atoms with Crippen LogP contribution in [0.5, 0.6) is 0 Å². The van der Waals surface area contributed by atoms with E-state index in [-0.39, 0.29) is 0 Å². The lowest BCUT2D eigenvalue weighted by atomic mass is 10.1. The van der Waals surface area contributed by atoms with Crippen molar-refractivity contribution in [1.82, 2.24) is 4.57 Å². The summed E-state index contributed by atoms with van der Waals surface area (Å²) in [5, 5.41) is 10.1. The molecule has 0 bridgehead atoms. The molecule has 1 aromatic heterocycles. The summed E-state index contributed by atoms with van der Waals surface area (Å²) in [7, 11) is 0. The molecule has 0 aliphatic rings. The first-order valence-corrected chi connectivity index (χ1v) is 6.16. The van der Waals surface area contributed by atoms with E-state index in [1.807, 2.05) is 6.07 Å². The SMILES string of the molecule is CC(C)n1c(CS)cc2ccc(C(=O)O)cc21. The number of carboxylic acid groups (broad SMARTS) is 1. The Morgan fingerprint density at radius 2 is 2.12 bits per heavy atom. The molecule has 0 unspecified atom stereocenters. The number of benzene rings is 1. The zero-order chi connectivity index (χ0) is 12.6. The van der Waals surface area contributed by atoms with E-state index in [2.05, 4.69) is 37.1 Å². The molecule has 2 rings (SSSR count). The first-order valence-electron chi connectivity index (χ1n) is 5.52. The fourth-order valence-electron chi connectivity index (χ4n) is 2.14. The molecule has 1 aromatic carbocycles. The number of carbonyl (C=O) groups is 1. The lowest BCUT2D eigenvalue weighted by molar-refractivity contribution is 0.0697. The maximum Gasteiger partial charge on any atom is 0.335 e. The number of hydrogen-bond donors (Lipinski definition) is 2. The predicted molar refractivity (Wildman–Crippen MR) is 72.0 cm³/mol. The average molecular weight is 249 g/mol. The van der Waals surface area contributed by atoms with E-state index in [0.717, 1.165) is 16.6 Å². The molecule has 0 aliphatic heterocycles. The summed E-state index contributed by atoms with van der Waals surface area (Å²) in [5.41, 5.74) is 2.40. The Morgan fingerprint density at radius 3 is 2.65 bits per heavy atom. The minimum absolute atomic E-state index is 0.290. The number of hydrogen-bond acceptors (Lipinski definition) is 2. The van der Waals surface area contributed by atoms with Gasteiger partial charge in [-0.2, -0.15) is 12.6 Å². The topological polar surface area (TPSA) is 42.2 Å². The number of rotatable bonds is 3. The normalized spacial score (nSPS) is 11.3. The van der Waals surface area contributed by atoms with Crippen LogP contribution in [0.1, 0.15) is 35.9 Å². The molecule has 90 valence electrons. The van der Waals surface area contributed by atoms with Gasteiger partial charge in [-0.3, -0.25) is 0 Å². The van der Waals surface area contributed by atoms with Gasteiger partial charge in [-0.25, -0.2) is 4.79 Å². The van der Waals surface area contributed by atoms with Crippen molar-refractivity contribution >= 4 is 29.5 Å². The minimum Gasteiger partial charge on any atom is -0.478 e. The van der Waals surface area contributed by atoms with Gasteiger partial charge in [0.05, 0.1) is 5.56 Å². The summed E-state index contributed by atoms with van der Waals surface area (Å²) in [4.78, 5) is 11.0. The Balaban J connectivity index is 2.73. The summed E-state index contributed by atoms with van der Waals surface area (Å²) in [6.45, 7) is 4.17. The summed E-state index contributed by atoms with van der Waals surface area (Å²) in [6, 6.07) is 7.57. The quantitative estimate of drug-likeness (QED) is 0.819. The highest BCUT2D eigenvalue weighted by Gasteiger charge is 2.12. The minimum atomic E-state index is -0.893. The molecular formula is C13H15NO2S. The number of aromatic nitrogens is 1. The first kappa shape index (κ1) is 12.0. The van der Waals surface area contributed by atoms with Crippen LogP contribution < -0.4 is 0 Å². The van der Waals surface area contributed by atoms with Gasteiger partial charge in [0.2, 0.25) is 0 Å². The maximum atomic E-state index is 11.0. The average Bonchev–Trinajstić information content (AvgIpc) is 2.65. The van der Waals surface area contributed by atoms with E-state index in [1.54, 1.807) is 12.1 Å². The van der Waals surface area contributed by atoms with E-state index in [9.17, 15) is 4.79 Å². The van der Waals surface area contributed by atoms with Gasteiger partial charge in [-0.1, -0.05) is 6.07 Å². The van der Waals surface area contributed by atoms with Gasteiger partial charge in [-0.15, -0.1) is 0 Å². The largest absolute Gasteiger partial charge is 0.478 e. The smallest absolute Gasteiger partial charge is 0.335 e. The Bertz CT molecular complexity index is 572. The molecule has 2 aromatic rings. The van der Waals surface area contributed by atoms with Crippen LogP contribution >= 0.6 is 12.6 Å². The van der Waals surface area contributed by atoms with Crippen molar-refractivity contribution in [2.24, 2.45) is 0 Å². The third-order valence-corrected chi connectivity index (χ3v) is 3.17. The van der Waals surface area contributed by atoms with Crippen molar-refractivity contribution in [3.05, 3.63) is 35.5 Å². The van der Waals surface area contributed by atoms with Crippen LogP contribution in [-0.2, 0) is 5.75 Å². The maximum absolute atomic E-state index is 11.0. The van der Waals surface area contributed by atoms with Crippen LogP contribution in [0.3, 0.4) is 0 Å². The van der Waals surface area contributed by atoms with Gasteiger partial charge < -0.3 is 9.67 Å². The molecule has 3 nitrogen and oxygen atoms in total. The Morgan fingerprint density at radius 1 is 1.41 bits per heavy atom. The van der Waals surface area contributed by atoms with E-state index >= 15 is 0 Å². The van der Waals surface area contributed by atoms with Gasteiger partial charge in [0.15, 0.2) is 0 Å². The predicted octanol–water partition coefficient (Wildman–Crippen LogP) is 3.35. The monoisotopic (exact) mass is 249 g/mol. The van der Waals surface area contributed by atoms with Crippen LogP contribution in [0.25, 0.3) is 10.9 Å². The summed E-state index contributed by atoms with van der Waals surface area (Å²) in [6.07, 6.45) is 0. The molecular weight excluding hydrogens is 234 g/mol. The summed E-state index contributed by atoms with van der Waals surface area (Å²) in [5.74, 6) is -0.245. The van der Waals surface area contributed by atoms with Gasteiger partial charge in [-0.05, 0) is 37.4 Å². The molecule has 0 atom stereocenters. The van der Waals surface area contributed by atoms with Crippen molar-refractivity contribution in [2.45, 2.75) is 25.6 Å². The Kier molecular flexibility index (Phi) is 3.15. The molecule has 1 heterocycles. The Labute approximate surface area is 105 Å². The number of thiol groups is 1. The van der Waals surface area contributed by atoms with Gasteiger partial charge >= 0.3 is 5.97 Å². The van der Waals surface area contributed by atoms with E-state index in [1.165, 1.54) is 0 Å². The molecule has 4 heteroatoms. The Hall–Kier alpha value is -1.42. The fraction of sp³-hybridized carbons (Fsp3) is 0.308. The summed E-state index contributed by atoms with van der Waals surface area (Å²) >= 11 is 4.31. The zero-order valence-electron chi connectivity index (χ0n) is 9.84. The van der Waals surface area contributed by atoms with Crippen molar-refractivity contribution in [3.8, 4) is 0 Å². The van der Waals surface area contributed by atoms with E-state index < -0.39 is 5.97 Å². The van der Waals surface area contributed by atoms with E-state index in [4.69, 9.17) is 5.11 Å².